The molecule has 1 N–H and O–H groups in total. The van der Waals surface area contributed by atoms with Gasteiger partial charge in [-0.15, -0.1) is 5.10 Å². The summed E-state index contributed by atoms with van der Waals surface area (Å²) in [5.41, 5.74) is 3.88. The molecule has 28 heavy (non-hydrogen) atoms. The van der Waals surface area contributed by atoms with Crippen LogP contribution in [-0.4, -0.2) is 40.2 Å². The second kappa shape index (κ2) is 9.43. The third-order valence-corrected chi connectivity index (χ3v) is 4.21. The van der Waals surface area contributed by atoms with Crippen LogP contribution in [0.3, 0.4) is 0 Å². The predicted molar refractivity (Wildman–Crippen MR) is 108 cm³/mol. The normalized spacial score (nSPS) is 11.3. The molecule has 1 amide bonds. The van der Waals surface area contributed by atoms with Gasteiger partial charge < -0.3 is 14.8 Å². The number of carbonyl (C=O) groups excluding carboxylic acids is 1. The third-order valence-electron chi connectivity index (χ3n) is 4.21. The summed E-state index contributed by atoms with van der Waals surface area (Å²) < 4.78 is 12.9. The van der Waals surface area contributed by atoms with Crippen LogP contribution in [0.15, 0.2) is 42.5 Å². The molecule has 0 spiro atoms. The molecule has 7 nitrogen and oxygen atoms in total. The minimum atomic E-state index is -0.184. The molecule has 2 aromatic carbocycles. The summed E-state index contributed by atoms with van der Waals surface area (Å²) in [6.45, 7) is 8.30. The SMILES string of the molecule is CCn1nnc2cc(C(=O)Nc3cccc(COCCOC(C)C)c3)ccc21. The lowest BCUT2D eigenvalue weighted by Gasteiger charge is -2.10. The van der Waals surface area contributed by atoms with Crippen LogP contribution in [0.5, 0.6) is 0 Å². The van der Waals surface area contributed by atoms with E-state index in [2.05, 4.69) is 15.6 Å². The maximum Gasteiger partial charge on any atom is 0.255 e. The Morgan fingerprint density at radius 1 is 1.18 bits per heavy atom. The van der Waals surface area contributed by atoms with Crippen LogP contribution in [-0.2, 0) is 22.6 Å². The number of amides is 1. The third kappa shape index (κ3) is 5.15. The quantitative estimate of drug-likeness (QED) is 0.572. The van der Waals surface area contributed by atoms with Gasteiger partial charge in [0.05, 0.1) is 31.4 Å². The fourth-order valence-corrected chi connectivity index (χ4v) is 2.82. The zero-order valence-electron chi connectivity index (χ0n) is 16.5. The summed E-state index contributed by atoms with van der Waals surface area (Å²) >= 11 is 0. The second-order valence-corrected chi connectivity index (χ2v) is 6.74. The largest absolute Gasteiger partial charge is 0.376 e. The Hall–Kier alpha value is -2.77. The van der Waals surface area contributed by atoms with Crippen molar-refractivity contribution in [3.8, 4) is 0 Å². The number of nitrogens with zero attached hydrogens (tertiary/aromatic N) is 3. The predicted octanol–water partition coefficient (Wildman–Crippen LogP) is 3.65. The molecule has 0 aliphatic heterocycles. The first-order chi connectivity index (χ1) is 13.6. The highest BCUT2D eigenvalue weighted by molar-refractivity contribution is 6.05. The summed E-state index contributed by atoms with van der Waals surface area (Å²) in [6.07, 6.45) is 0.202. The van der Waals surface area contributed by atoms with Gasteiger partial charge >= 0.3 is 0 Å². The van der Waals surface area contributed by atoms with E-state index < -0.39 is 0 Å². The van der Waals surface area contributed by atoms with E-state index in [9.17, 15) is 4.79 Å². The highest BCUT2D eigenvalue weighted by Crippen LogP contribution is 2.16. The second-order valence-electron chi connectivity index (χ2n) is 6.74. The first-order valence-electron chi connectivity index (χ1n) is 9.49. The van der Waals surface area contributed by atoms with Gasteiger partial charge in [-0.2, -0.15) is 0 Å². The van der Waals surface area contributed by atoms with Crippen LogP contribution < -0.4 is 5.32 Å². The summed E-state index contributed by atoms with van der Waals surface area (Å²) in [4.78, 5) is 12.6. The highest BCUT2D eigenvalue weighted by Gasteiger charge is 2.10. The molecule has 7 heteroatoms. The standard InChI is InChI=1S/C21H26N4O3/c1-4-25-20-9-8-17(13-19(20)23-24-25)21(26)22-18-7-5-6-16(12-18)14-27-10-11-28-15(2)3/h5-9,12-13,15H,4,10-11,14H2,1-3H3,(H,22,26). The van der Waals surface area contributed by atoms with Crippen LogP contribution in [0.4, 0.5) is 5.69 Å². The van der Waals surface area contributed by atoms with E-state index >= 15 is 0 Å². The monoisotopic (exact) mass is 382 g/mol. The average molecular weight is 382 g/mol. The molecule has 0 atom stereocenters. The minimum Gasteiger partial charge on any atom is -0.376 e. The van der Waals surface area contributed by atoms with E-state index in [1.165, 1.54) is 0 Å². The van der Waals surface area contributed by atoms with Crippen molar-refractivity contribution < 1.29 is 14.3 Å². The number of hydrogen-bond donors (Lipinski definition) is 1. The average Bonchev–Trinajstić information content (AvgIpc) is 3.10. The van der Waals surface area contributed by atoms with Crippen molar-refractivity contribution in [2.75, 3.05) is 18.5 Å². The van der Waals surface area contributed by atoms with Crippen molar-refractivity contribution in [3.63, 3.8) is 0 Å². The molecule has 0 saturated heterocycles. The van der Waals surface area contributed by atoms with Gasteiger partial charge in [-0.3, -0.25) is 4.79 Å². The van der Waals surface area contributed by atoms with Crippen LogP contribution in [0, 0.1) is 0 Å². The molecule has 1 heterocycles. The Morgan fingerprint density at radius 2 is 2.04 bits per heavy atom. The molecule has 0 fully saturated rings. The molecule has 148 valence electrons. The Morgan fingerprint density at radius 3 is 2.82 bits per heavy atom. The van der Waals surface area contributed by atoms with Crippen LogP contribution >= 0.6 is 0 Å². The molecule has 0 radical (unpaired) electrons. The molecule has 3 aromatic rings. The number of aromatic nitrogens is 3. The van der Waals surface area contributed by atoms with Crippen LogP contribution in [0.2, 0.25) is 0 Å². The van der Waals surface area contributed by atoms with E-state index in [0.29, 0.717) is 30.9 Å². The van der Waals surface area contributed by atoms with E-state index in [1.807, 2.05) is 51.1 Å². The smallest absolute Gasteiger partial charge is 0.255 e. The fraction of sp³-hybridized carbons (Fsp3) is 0.381. The number of hydrogen-bond acceptors (Lipinski definition) is 5. The molecule has 0 saturated carbocycles. The number of anilines is 1. The molecule has 3 rings (SSSR count). The van der Waals surface area contributed by atoms with Gasteiger partial charge in [-0.1, -0.05) is 17.3 Å². The molecule has 0 unspecified atom stereocenters. The lowest BCUT2D eigenvalue weighted by atomic mass is 10.1. The van der Waals surface area contributed by atoms with Gasteiger partial charge in [0.15, 0.2) is 0 Å². The molecule has 0 aliphatic carbocycles. The van der Waals surface area contributed by atoms with Crippen molar-refractivity contribution in [3.05, 3.63) is 53.6 Å². The van der Waals surface area contributed by atoms with E-state index in [1.54, 1.807) is 16.8 Å². The summed E-state index contributed by atoms with van der Waals surface area (Å²) in [7, 11) is 0. The van der Waals surface area contributed by atoms with Gasteiger partial charge in [0.1, 0.15) is 5.52 Å². The fourth-order valence-electron chi connectivity index (χ4n) is 2.82. The first kappa shape index (κ1) is 20.0. The lowest BCUT2D eigenvalue weighted by Crippen LogP contribution is -2.12. The van der Waals surface area contributed by atoms with Crippen LogP contribution in [0.1, 0.15) is 36.7 Å². The Labute approximate surface area is 164 Å². The maximum atomic E-state index is 12.6. The number of fused-ring (bicyclic) bond motifs is 1. The Kier molecular flexibility index (Phi) is 6.73. The van der Waals surface area contributed by atoms with Gasteiger partial charge in [0.25, 0.3) is 5.91 Å². The molecule has 0 aliphatic rings. The number of benzene rings is 2. The molecule has 1 aromatic heterocycles. The number of rotatable bonds is 9. The van der Waals surface area contributed by atoms with Crippen LogP contribution in [0.25, 0.3) is 11.0 Å². The van der Waals surface area contributed by atoms with E-state index in [4.69, 9.17) is 9.47 Å². The molecular weight excluding hydrogens is 356 g/mol. The van der Waals surface area contributed by atoms with Gasteiger partial charge in [0.2, 0.25) is 0 Å². The summed E-state index contributed by atoms with van der Waals surface area (Å²) in [5, 5.41) is 11.1. The number of aryl methyl sites for hydroxylation is 1. The summed E-state index contributed by atoms with van der Waals surface area (Å²) in [6, 6.07) is 13.0. The lowest BCUT2D eigenvalue weighted by molar-refractivity contribution is 0.0143. The van der Waals surface area contributed by atoms with Crippen molar-refractivity contribution in [1.82, 2.24) is 15.0 Å². The van der Waals surface area contributed by atoms with Gasteiger partial charge in [-0.05, 0) is 56.7 Å². The molecular formula is C21H26N4O3. The summed E-state index contributed by atoms with van der Waals surface area (Å²) in [5.74, 6) is -0.184. The Balaban J connectivity index is 1.59. The Bertz CT molecular complexity index is 936. The number of carbonyl (C=O) groups is 1. The topological polar surface area (TPSA) is 78.3 Å². The van der Waals surface area contributed by atoms with Crippen molar-refractivity contribution in [1.29, 1.82) is 0 Å². The highest BCUT2D eigenvalue weighted by atomic mass is 16.5. The van der Waals surface area contributed by atoms with E-state index in [-0.39, 0.29) is 12.0 Å². The van der Waals surface area contributed by atoms with Gasteiger partial charge in [0, 0.05) is 17.8 Å². The zero-order chi connectivity index (χ0) is 19.9. The first-order valence-corrected chi connectivity index (χ1v) is 9.49. The molecule has 0 bridgehead atoms. The van der Waals surface area contributed by atoms with Crippen molar-refractivity contribution in [2.24, 2.45) is 0 Å². The number of ether oxygens (including phenoxy) is 2. The van der Waals surface area contributed by atoms with Crippen molar-refractivity contribution in [2.45, 2.75) is 40.0 Å². The van der Waals surface area contributed by atoms with E-state index in [0.717, 1.165) is 23.3 Å². The maximum absolute atomic E-state index is 12.6. The number of nitrogens with one attached hydrogen (secondary N) is 1. The van der Waals surface area contributed by atoms with Gasteiger partial charge in [-0.25, -0.2) is 4.68 Å². The minimum absolute atomic E-state index is 0.184. The zero-order valence-corrected chi connectivity index (χ0v) is 16.5. The van der Waals surface area contributed by atoms with Crippen molar-refractivity contribution >= 4 is 22.6 Å².